The zero-order valence-corrected chi connectivity index (χ0v) is 18.0. The minimum absolute atomic E-state index is 0.0311. The van der Waals surface area contributed by atoms with Crippen LogP contribution in [-0.4, -0.2) is 50.4 Å². The van der Waals surface area contributed by atoms with Gasteiger partial charge >= 0.3 is 12.1 Å². The van der Waals surface area contributed by atoms with Gasteiger partial charge in [0.2, 0.25) is 0 Å². The molecule has 0 fully saturated rings. The second-order valence-electron chi connectivity index (χ2n) is 6.97. The maximum Gasteiger partial charge on any atom is 0.490 e. The zero-order valence-electron chi connectivity index (χ0n) is 18.0. The van der Waals surface area contributed by atoms with Crippen molar-refractivity contribution in [2.75, 3.05) is 7.11 Å². The molecule has 0 bridgehead atoms. The van der Waals surface area contributed by atoms with Crippen LogP contribution in [0, 0.1) is 0 Å². The van der Waals surface area contributed by atoms with Crippen LogP contribution in [0.1, 0.15) is 16.2 Å². The number of carbonyl (C=O) groups is 2. The molecule has 4 aromatic rings. The Hall–Kier alpha value is -4.68. The van der Waals surface area contributed by atoms with Gasteiger partial charge in [0.1, 0.15) is 5.75 Å². The Labute approximate surface area is 194 Å². The number of H-pyrrole nitrogens is 2. The highest BCUT2D eigenvalue weighted by molar-refractivity contribution is 5.93. The number of benzene rings is 2. The fourth-order valence-electron chi connectivity index (χ4n) is 2.88. The number of nitrogens with zero attached hydrogens (tertiary/aromatic N) is 2. The van der Waals surface area contributed by atoms with Crippen LogP contribution in [0.2, 0.25) is 0 Å². The third-order valence-electron chi connectivity index (χ3n) is 4.58. The zero-order chi connectivity index (χ0) is 25.6. The van der Waals surface area contributed by atoms with E-state index in [4.69, 9.17) is 14.6 Å². The number of halogens is 3. The normalized spacial score (nSPS) is 10.9. The maximum absolute atomic E-state index is 12.5. The number of fused-ring (bicyclic) bond motifs is 1. The van der Waals surface area contributed by atoms with E-state index in [1.165, 1.54) is 0 Å². The standard InChI is InChI=1S/C20H17N5O3.C2HF3O2/c1-28-15-4-2-3-12(7-15)9-21-20(27)18-24-17-6-5-13(14-10-22-23-11-14)8-16(17)19(26)25-18;3-2(4,5)1(6)7/h2-8,10-11H,9H2,1H3,(H,21,27)(H,22,23)(H,24,25,26);(H,6,7). The molecule has 0 aliphatic rings. The van der Waals surface area contributed by atoms with Crippen molar-refractivity contribution in [1.29, 1.82) is 0 Å². The van der Waals surface area contributed by atoms with E-state index in [9.17, 15) is 22.8 Å². The molecule has 4 N–H and O–H groups in total. The summed E-state index contributed by atoms with van der Waals surface area (Å²) < 4.78 is 36.9. The van der Waals surface area contributed by atoms with Gasteiger partial charge in [0.25, 0.3) is 11.5 Å². The first kappa shape index (κ1) is 25.0. The van der Waals surface area contributed by atoms with Crippen LogP contribution < -0.4 is 15.6 Å². The number of rotatable bonds is 5. The molecule has 182 valence electrons. The average molecular weight is 489 g/mol. The number of amides is 1. The third-order valence-corrected chi connectivity index (χ3v) is 4.58. The second-order valence-corrected chi connectivity index (χ2v) is 6.97. The largest absolute Gasteiger partial charge is 0.497 e. The molecule has 35 heavy (non-hydrogen) atoms. The van der Waals surface area contributed by atoms with E-state index in [1.54, 1.807) is 31.6 Å². The van der Waals surface area contributed by atoms with Crippen LogP contribution in [0.25, 0.3) is 22.0 Å². The number of alkyl halides is 3. The summed E-state index contributed by atoms with van der Waals surface area (Å²) in [4.78, 5) is 40.6. The first-order chi connectivity index (χ1) is 16.6. The Balaban J connectivity index is 0.000000429. The molecule has 0 saturated heterocycles. The van der Waals surface area contributed by atoms with Crippen molar-refractivity contribution < 1.29 is 32.6 Å². The van der Waals surface area contributed by atoms with Crippen molar-refractivity contribution in [3.05, 3.63) is 76.6 Å². The van der Waals surface area contributed by atoms with Gasteiger partial charge in [-0.1, -0.05) is 18.2 Å². The molecule has 0 radical (unpaired) electrons. The van der Waals surface area contributed by atoms with E-state index in [0.29, 0.717) is 16.7 Å². The summed E-state index contributed by atoms with van der Waals surface area (Å²) in [5.74, 6) is -2.54. The van der Waals surface area contributed by atoms with Gasteiger partial charge in [-0.05, 0) is 35.4 Å². The van der Waals surface area contributed by atoms with Crippen molar-refractivity contribution in [3.63, 3.8) is 0 Å². The Morgan fingerprint density at radius 2 is 1.89 bits per heavy atom. The van der Waals surface area contributed by atoms with Crippen LogP contribution in [0.3, 0.4) is 0 Å². The van der Waals surface area contributed by atoms with Gasteiger partial charge in [0, 0.05) is 18.3 Å². The lowest BCUT2D eigenvalue weighted by molar-refractivity contribution is -0.192. The molecule has 0 atom stereocenters. The summed E-state index contributed by atoms with van der Waals surface area (Å²) in [7, 11) is 1.58. The minimum atomic E-state index is -5.08. The van der Waals surface area contributed by atoms with Crippen molar-refractivity contribution in [1.82, 2.24) is 25.5 Å². The number of aromatic nitrogens is 4. The monoisotopic (exact) mass is 489 g/mol. The highest BCUT2D eigenvalue weighted by Gasteiger charge is 2.38. The Kier molecular flexibility index (Phi) is 7.49. The number of ether oxygens (including phenoxy) is 1. The lowest BCUT2D eigenvalue weighted by Gasteiger charge is -2.07. The topological polar surface area (TPSA) is 150 Å². The van der Waals surface area contributed by atoms with Gasteiger partial charge in [-0.3, -0.25) is 14.7 Å². The van der Waals surface area contributed by atoms with E-state index < -0.39 is 18.1 Å². The molecule has 2 heterocycles. The molecule has 0 spiro atoms. The van der Waals surface area contributed by atoms with Gasteiger partial charge in [0.05, 0.1) is 24.2 Å². The number of carbonyl (C=O) groups excluding carboxylic acids is 1. The Bertz CT molecular complexity index is 1400. The number of carboxylic acid groups (broad SMARTS) is 1. The molecule has 2 aromatic heterocycles. The molecular weight excluding hydrogens is 471 g/mol. The number of carboxylic acids is 1. The summed E-state index contributed by atoms with van der Waals surface area (Å²) in [5, 5.41) is 16.9. The van der Waals surface area contributed by atoms with Crippen LogP contribution >= 0.6 is 0 Å². The lowest BCUT2D eigenvalue weighted by atomic mass is 10.1. The van der Waals surface area contributed by atoms with Crippen molar-refractivity contribution in [3.8, 4) is 16.9 Å². The minimum Gasteiger partial charge on any atom is -0.497 e. The first-order valence-corrected chi connectivity index (χ1v) is 9.83. The molecule has 0 aliphatic carbocycles. The fraction of sp³-hybridized carbons (Fsp3) is 0.136. The SMILES string of the molecule is COc1cccc(CNC(=O)c2nc3ccc(-c4cn[nH]c4)cc3c(=O)[nH]2)c1.O=C(O)C(F)(F)F. The number of hydrogen-bond acceptors (Lipinski definition) is 6. The first-order valence-electron chi connectivity index (χ1n) is 9.83. The molecule has 2 aromatic carbocycles. The van der Waals surface area contributed by atoms with Crippen molar-refractivity contribution in [2.24, 2.45) is 0 Å². The van der Waals surface area contributed by atoms with E-state index in [1.807, 2.05) is 30.3 Å². The van der Waals surface area contributed by atoms with Crippen LogP contribution in [-0.2, 0) is 11.3 Å². The molecule has 1 amide bonds. The predicted octanol–water partition coefficient (Wildman–Crippen LogP) is 2.89. The summed E-state index contributed by atoms with van der Waals surface area (Å²) in [5.41, 5.74) is 2.65. The summed E-state index contributed by atoms with van der Waals surface area (Å²) in [6, 6.07) is 12.6. The van der Waals surface area contributed by atoms with E-state index in [2.05, 4.69) is 25.5 Å². The van der Waals surface area contributed by atoms with Crippen molar-refractivity contribution in [2.45, 2.75) is 12.7 Å². The molecule has 0 saturated carbocycles. The number of hydrogen-bond donors (Lipinski definition) is 4. The van der Waals surface area contributed by atoms with Crippen LogP contribution in [0.5, 0.6) is 5.75 Å². The van der Waals surface area contributed by atoms with Gasteiger partial charge in [-0.15, -0.1) is 0 Å². The third kappa shape index (κ3) is 6.43. The average Bonchev–Trinajstić information content (AvgIpc) is 3.37. The van der Waals surface area contributed by atoms with Crippen LogP contribution in [0.15, 0.2) is 59.7 Å². The van der Waals surface area contributed by atoms with Crippen molar-refractivity contribution >= 4 is 22.8 Å². The second kappa shape index (κ2) is 10.5. The van der Waals surface area contributed by atoms with E-state index in [-0.39, 0.29) is 17.9 Å². The molecular formula is C22H18F3N5O5. The van der Waals surface area contributed by atoms with Gasteiger partial charge in [-0.2, -0.15) is 18.3 Å². The fourth-order valence-corrected chi connectivity index (χ4v) is 2.88. The number of methoxy groups -OCH3 is 1. The number of nitrogens with one attached hydrogen (secondary N) is 3. The van der Waals surface area contributed by atoms with Gasteiger partial charge < -0.3 is 20.1 Å². The van der Waals surface area contributed by atoms with Gasteiger partial charge in [0.15, 0.2) is 5.82 Å². The lowest BCUT2D eigenvalue weighted by Crippen LogP contribution is -2.27. The molecule has 4 rings (SSSR count). The van der Waals surface area contributed by atoms with E-state index in [0.717, 1.165) is 16.7 Å². The summed E-state index contributed by atoms with van der Waals surface area (Å²) >= 11 is 0. The molecule has 0 aliphatic heterocycles. The smallest absolute Gasteiger partial charge is 0.490 e. The highest BCUT2D eigenvalue weighted by atomic mass is 19.4. The highest BCUT2D eigenvalue weighted by Crippen LogP contribution is 2.21. The Morgan fingerprint density at radius 1 is 1.14 bits per heavy atom. The van der Waals surface area contributed by atoms with Crippen LogP contribution in [0.4, 0.5) is 13.2 Å². The maximum atomic E-state index is 12.5. The predicted molar refractivity (Wildman–Crippen MR) is 118 cm³/mol. The molecule has 0 unspecified atom stereocenters. The van der Waals surface area contributed by atoms with E-state index >= 15 is 0 Å². The number of aliphatic carboxylic acids is 1. The van der Waals surface area contributed by atoms with Gasteiger partial charge in [-0.25, -0.2) is 9.78 Å². The number of aromatic amines is 2. The quantitative estimate of drug-likeness (QED) is 0.337. The molecule has 10 nitrogen and oxygen atoms in total. The summed E-state index contributed by atoms with van der Waals surface area (Å²) in [6.07, 6.45) is -1.67. The Morgan fingerprint density at radius 3 is 2.51 bits per heavy atom. The summed E-state index contributed by atoms with van der Waals surface area (Å²) in [6.45, 7) is 0.289. The molecule has 13 heteroatoms.